The molecule has 88 valence electrons. The summed E-state index contributed by atoms with van der Waals surface area (Å²) in [5.74, 6) is 0. The van der Waals surface area contributed by atoms with Gasteiger partial charge in [-0.15, -0.1) is 11.3 Å². The Kier molecular flexibility index (Phi) is 2.78. The van der Waals surface area contributed by atoms with Gasteiger partial charge in [0.25, 0.3) is 0 Å². The second-order valence-electron chi connectivity index (χ2n) is 5.42. The summed E-state index contributed by atoms with van der Waals surface area (Å²) in [5, 5.41) is 2.18. The van der Waals surface area contributed by atoms with Crippen LogP contribution in [0.3, 0.4) is 0 Å². The molecule has 0 atom stereocenters. The van der Waals surface area contributed by atoms with Crippen LogP contribution in [-0.4, -0.2) is 24.0 Å². The Morgan fingerprint density at radius 3 is 2.75 bits per heavy atom. The molecule has 0 bridgehead atoms. The molecule has 0 aliphatic heterocycles. The molecule has 16 heavy (non-hydrogen) atoms. The highest BCUT2D eigenvalue weighted by Crippen LogP contribution is 2.47. The van der Waals surface area contributed by atoms with Crippen molar-refractivity contribution in [3.63, 3.8) is 0 Å². The van der Waals surface area contributed by atoms with Gasteiger partial charge in [-0.25, -0.2) is 0 Å². The summed E-state index contributed by atoms with van der Waals surface area (Å²) in [7, 11) is 0. The maximum Gasteiger partial charge on any atom is 0.0331 e. The van der Waals surface area contributed by atoms with Gasteiger partial charge in [0.15, 0.2) is 0 Å². The number of hydrogen-bond donors (Lipinski definition) is 1. The lowest BCUT2D eigenvalue weighted by Gasteiger charge is -2.26. The Balaban J connectivity index is 1.63. The predicted octanol–water partition coefficient (Wildman–Crippen LogP) is 2.45. The second kappa shape index (κ2) is 4.13. The van der Waals surface area contributed by atoms with Gasteiger partial charge in [0.1, 0.15) is 0 Å². The maximum absolute atomic E-state index is 5.89. The van der Waals surface area contributed by atoms with Crippen LogP contribution in [0.15, 0.2) is 17.5 Å². The van der Waals surface area contributed by atoms with E-state index in [9.17, 15) is 0 Å². The summed E-state index contributed by atoms with van der Waals surface area (Å²) in [6.07, 6.45) is 5.48. The van der Waals surface area contributed by atoms with Crippen LogP contribution in [0.5, 0.6) is 0 Å². The first kappa shape index (κ1) is 10.8. The Morgan fingerprint density at radius 1 is 1.44 bits per heavy atom. The van der Waals surface area contributed by atoms with Gasteiger partial charge in [0.05, 0.1) is 0 Å². The van der Waals surface area contributed by atoms with Crippen LogP contribution in [0, 0.1) is 5.41 Å². The molecule has 2 aliphatic rings. The standard InChI is InChI=1S/C13H20N2S/c14-9-13(5-6-13)10-15(11-3-4-11)8-12-2-1-7-16-12/h1-2,7,11H,3-6,8-10,14H2. The Bertz CT molecular complexity index is 339. The minimum absolute atomic E-state index is 0.486. The lowest BCUT2D eigenvalue weighted by molar-refractivity contribution is 0.206. The van der Waals surface area contributed by atoms with Crippen LogP contribution in [0.1, 0.15) is 30.6 Å². The number of nitrogens with two attached hydrogens (primary N) is 1. The van der Waals surface area contributed by atoms with Crippen LogP contribution in [0.2, 0.25) is 0 Å². The minimum Gasteiger partial charge on any atom is -0.330 e. The van der Waals surface area contributed by atoms with Gasteiger partial charge in [0.2, 0.25) is 0 Å². The third-order valence-corrected chi connectivity index (χ3v) is 4.79. The molecule has 0 radical (unpaired) electrons. The van der Waals surface area contributed by atoms with Crippen molar-refractivity contribution in [1.29, 1.82) is 0 Å². The van der Waals surface area contributed by atoms with E-state index in [1.807, 2.05) is 11.3 Å². The van der Waals surface area contributed by atoms with E-state index < -0.39 is 0 Å². The summed E-state index contributed by atoms with van der Waals surface area (Å²) in [4.78, 5) is 4.17. The highest BCUT2D eigenvalue weighted by Gasteiger charge is 2.44. The van der Waals surface area contributed by atoms with Crippen molar-refractivity contribution in [2.75, 3.05) is 13.1 Å². The van der Waals surface area contributed by atoms with E-state index in [1.54, 1.807) is 0 Å². The highest BCUT2D eigenvalue weighted by atomic mass is 32.1. The van der Waals surface area contributed by atoms with Crippen LogP contribution in [0.4, 0.5) is 0 Å². The molecule has 0 aromatic carbocycles. The molecule has 0 unspecified atom stereocenters. The molecule has 1 heterocycles. The molecule has 2 aliphatic carbocycles. The van der Waals surface area contributed by atoms with Gasteiger partial charge < -0.3 is 5.73 Å². The van der Waals surface area contributed by atoms with E-state index >= 15 is 0 Å². The minimum atomic E-state index is 0.486. The zero-order valence-electron chi connectivity index (χ0n) is 9.69. The summed E-state index contributed by atoms with van der Waals surface area (Å²) in [5.41, 5.74) is 6.37. The molecule has 0 amide bonds. The van der Waals surface area contributed by atoms with Crippen LogP contribution < -0.4 is 5.73 Å². The monoisotopic (exact) mass is 236 g/mol. The molecule has 3 heteroatoms. The summed E-state index contributed by atoms with van der Waals surface area (Å²) in [6, 6.07) is 5.26. The fraction of sp³-hybridized carbons (Fsp3) is 0.692. The third kappa shape index (κ3) is 2.31. The van der Waals surface area contributed by atoms with E-state index in [1.165, 1.54) is 37.1 Å². The van der Waals surface area contributed by atoms with Crippen LogP contribution >= 0.6 is 11.3 Å². The van der Waals surface area contributed by atoms with Crippen LogP contribution in [-0.2, 0) is 6.54 Å². The normalized spacial score (nSPS) is 22.6. The van der Waals surface area contributed by atoms with Crippen molar-refractivity contribution in [3.8, 4) is 0 Å². The van der Waals surface area contributed by atoms with Gasteiger partial charge in [-0.1, -0.05) is 6.07 Å². The van der Waals surface area contributed by atoms with E-state index in [-0.39, 0.29) is 0 Å². The van der Waals surface area contributed by atoms with Gasteiger partial charge >= 0.3 is 0 Å². The Morgan fingerprint density at radius 2 is 2.25 bits per heavy atom. The van der Waals surface area contributed by atoms with Crippen LogP contribution in [0.25, 0.3) is 0 Å². The molecule has 3 rings (SSSR count). The van der Waals surface area contributed by atoms with Crippen molar-refractivity contribution in [3.05, 3.63) is 22.4 Å². The number of hydrogen-bond acceptors (Lipinski definition) is 3. The Hall–Kier alpha value is -0.380. The number of thiophene rings is 1. The highest BCUT2D eigenvalue weighted by molar-refractivity contribution is 7.09. The first-order valence-corrected chi connectivity index (χ1v) is 7.16. The third-order valence-electron chi connectivity index (χ3n) is 3.93. The largest absolute Gasteiger partial charge is 0.330 e. The summed E-state index contributed by atoms with van der Waals surface area (Å²) < 4.78 is 0. The molecule has 2 N–H and O–H groups in total. The van der Waals surface area contributed by atoms with E-state index in [0.717, 1.165) is 19.1 Å². The van der Waals surface area contributed by atoms with Crippen molar-refractivity contribution in [2.45, 2.75) is 38.3 Å². The fourth-order valence-corrected chi connectivity index (χ4v) is 3.12. The van der Waals surface area contributed by atoms with Crippen molar-refractivity contribution in [1.82, 2.24) is 4.90 Å². The van der Waals surface area contributed by atoms with E-state index in [2.05, 4.69) is 22.4 Å². The average molecular weight is 236 g/mol. The molecule has 1 aromatic rings. The summed E-state index contributed by atoms with van der Waals surface area (Å²) in [6.45, 7) is 3.25. The molecular formula is C13H20N2S. The quantitative estimate of drug-likeness (QED) is 0.822. The van der Waals surface area contributed by atoms with Crippen molar-refractivity contribution >= 4 is 11.3 Å². The van der Waals surface area contributed by atoms with Gasteiger partial charge in [-0.05, 0) is 49.1 Å². The molecule has 2 nitrogen and oxygen atoms in total. The smallest absolute Gasteiger partial charge is 0.0331 e. The molecule has 0 saturated heterocycles. The van der Waals surface area contributed by atoms with Gasteiger partial charge in [-0.3, -0.25) is 4.90 Å². The first-order chi connectivity index (χ1) is 7.81. The van der Waals surface area contributed by atoms with Gasteiger partial charge in [-0.2, -0.15) is 0 Å². The first-order valence-electron chi connectivity index (χ1n) is 6.28. The fourth-order valence-electron chi connectivity index (χ4n) is 2.39. The van der Waals surface area contributed by atoms with E-state index in [0.29, 0.717) is 5.41 Å². The average Bonchev–Trinajstić information content (AvgIpc) is 3.20. The topological polar surface area (TPSA) is 29.3 Å². The molecule has 1 aromatic heterocycles. The van der Waals surface area contributed by atoms with E-state index in [4.69, 9.17) is 5.73 Å². The second-order valence-corrected chi connectivity index (χ2v) is 6.45. The zero-order valence-corrected chi connectivity index (χ0v) is 10.5. The number of rotatable bonds is 6. The molecule has 2 fully saturated rings. The lowest BCUT2D eigenvalue weighted by atomic mass is 10.1. The Labute approximate surface area is 101 Å². The molecular weight excluding hydrogens is 216 g/mol. The predicted molar refractivity (Wildman–Crippen MR) is 68.5 cm³/mol. The maximum atomic E-state index is 5.89. The van der Waals surface area contributed by atoms with Crippen molar-refractivity contribution < 1.29 is 0 Å². The molecule has 0 spiro atoms. The van der Waals surface area contributed by atoms with Gasteiger partial charge in [0, 0.05) is 24.0 Å². The SMILES string of the molecule is NCC1(CN(Cc2cccs2)C2CC2)CC1. The molecule has 2 saturated carbocycles. The number of nitrogens with zero attached hydrogens (tertiary/aromatic N) is 1. The van der Waals surface area contributed by atoms with Crippen molar-refractivity contribution in [2.24, 2.45) is 11.1 Å². The summed E-state index contributed by atoms with van der Waals surface area (Å²) >= 11 is 1.88. The zero-order chi connectivity index (χ0) is 11.0. The lowest BCUT2D eigenvalue weighted by Crippen LogP contribution is -2.35.